The average molecular weight is 326 g/mol. The maximum absolute atomic E-state index is 6.58. The number of hydrogen-bond donors (Lipinski definition) is 0. The van der Waals surface area contributed by atoms with Crippen LogP contribution in [0.3, 0.4) is 0 Å². The number of allylic oxidation sites excluding steroid dienone is 2. The molecule has 0 saturated heterocycles. The highest BCUT2D eigenvalue weighted by Gasteiger charge is 2.50. The van der Waals surface area contributed by atoms with Gasteiger partial charge >= 0.3 is 6.55 Å². The lowest BCUT2D eigenvalue weighted by Crippen LogP contribution is -2.61. The summed E-state index contributed by atoms with van der Waals surface area (Å²) >= 11 is 0. The third-order valence-electron chi connectivity index (χ3n) is 4.51. The molecule has 0 bridgehead atoms. The van der Waals surface area contributed by atoms with Gasteiger partial charge in [0.05, 0.1) is 17.4 Å². The van der Waals surface area contributed by atoms with Crippen LogP contribution in [0, 0.1) is 0 Å². The van der Waals surface area contributed by atoms with E-state index >= 15 is 0 Å². The van der Waals surface area contributed by atoms with E-state index in [1.807, 2.05) is 67.6 Å². The number of carbonyl (C=O) groups excluding carboxylic acids is 1. The topological polar surface area (TPSA) is 20.5 Å². The van der Waals surface area contributed by atoms with Crippen LogP contribution in [0.15, 0.2) is 103 Å². The summed E-state index contributed by atoms with van der Waals surface area (Å²) in [6.07, 6.45) is 1.96. The number of rotatable bonds is 3. The minimum absolute atomic E-state index is 0.831. The van der Waals surface area contributed by atoms with Crippen molar-refractivity contribution in [2.75, 3.05) is 0 Å². The number of benzene rings is 3. The van der Waals surface area contributed by atoms with Gasteiger partial charge in [0.1, 0.15) is 0 Å². The Labute approximate surface area is 148 Å². The molecule has 25 heavy (non-hydrogen) atoms. The lowest BCUT2D eigenvalue weighted by molar-refractivity contribution is -0.129. The molecule has 0 aliphatic carbocycles. The van der Waals surface area contributed by atoms with Gasteiger partial charge in [-0.25, -0.2) is 0 Å². The van der Waals surface area contributed by atoms with Gasteiger partial charge in [-0.1, -0.05) is 78.9 Å². The summed E-state index contributed by atoms with van der Waals surface area (Å²) in [6.45, 7) is 0.151. The van der Waals surface area contributed by atoms with Crippen LogP contribution in [-0.2, 0) is 4.65 Å². The van der Waals surface area contributed by atoms with Gasteiger partial charge in [-0.3, -0.25) is 0 Å². The molecule has 4 rings (SSSR count). The van der Waals surface area contributed by atoms with Crippen molar-refractivity contribution < 1.29 is 9.00 Å². The summed E-state index contributed by atoms with van der Waals surface area (Å²) in [6, 6.07) is 30.5. The van der Waals surface area contributed by atoms with Gasteiger partial charge in [-0.2, -0.15) is 0 Å². The third kappa shape index (κ3) is 2.89. The molecule has 3 aromatic carbocycles. The molecule has 0 spiro atoms. The Morgan fingerprint density at radius 3 is 1.68 bits per heavy atom. The summed E-state index contributed by atoms with van der Waals surface area (Å²) in [5.41, 5.74) is 3.09. The summed E-state index contributed by atoms with van der Waals surface area (Å²) in [7, 11) is 0. The van der Waals surface area contributed by atoms with Crippen LogP contribution in [0.2, 0.25) is 0 Å². The maximum atomic E-state index is 6.58. The predicted octanol–water partition coefficient (Wildman–Crippen LogP) is 3.60. The van der Waals surface area contributed by atoms with Crippen LogP contribution in [0.4, 0.5) is 0 Å². The van der Waals surface area contributed by atoms with Gasteiger partial charge in [0.15, 0.2) is 0 Å². The second-order valence-corrected chi connectivity index (χ2v) is 6.25. The molecule has 0 N–H and O–H groups in total. The highest BCUT2D eigenvalue weighted by atomic mass is 16.6. The van der Waals surface area contributed by atoms with Crippen molar-refractivity contribution in [1.82, 2.24) is 0 Å². The van der Waals surface area contributed by atoms with Gasteiger partial charge in [0, 0.05) is 0 Å². The zero-order valence-electron chi connectivity index (χ0n) is 14.1. The standard InChI is InChI=1S/C22H19BO2/c1-18-17-22(19-11-5-2-6-12-19)25-23(24-18,20-13-7-3-8-14-20)21-15-9-4-10-16-21/h2-17H,1H3. The molecule has 0 unspecified atom stereocenters. The molecule has 0 radical (unpaired) electrons. The summed E-state index contributed by atoms with van der Waals surface area (Å²) in [5.74, 6) is 1.68. The summed E-state index contributed by atoms with van der Waals surface area (Å²) in [4.78, 5) is 0. The minimum atomic E-state index is -1.83. The van der Waals surface area contributed by atoms with Crippen LogP contribution in [-0.4, -0.2) is 12.3 Å². The quantitative estimate of drug-likeness (QED) is 0.532. The first-order valence-corrected chi connectivity index (χ1v) is 8.52. The molecule has 0 amide bonds. The van der Waals surface area contributed by atoms with Crippen LogP contribution < -0.4 is 10.9 Å². The van der Waals surface area contributed by atoms with Crippen LogP contribution in [0.5, 0.6) is 0 Å². The van der Waals surface area contributed by atoms with E-state index in [9.17, 15) is 0 Å². The predicted molar refractivity (Wildman–Crippen MR) is 104 cm³/mol. The zero-order chi connectivity index (χ0) is 17.1. The van der Waals surface area contributed by atoms with E-state index < -0.39 is 6.55 Å². The molecule has 1 heterocycles. The molecule has 3 heteroatoms. The second kappa shape index (κ2) is 6.44. The van der Waals surface area contributed by atoms with Crippen molar-refractivity contribution in [3.8, 4) is 0 Å². The fraction of sp³-hybridized carbons (Fsp3) is 0.0455. The second-order valence-electron chi connectivity index (χ2n) is 6.25. The Kier molecular flexibility index (Phi) is 3.98. The minimum Gasteiger partial charge on any atom is -0.629 e. The average Bonchev–Trinajstić information content (AvgIpc) is 2.69. The SMILES string of the molecule is CC1=CC(c2ccccc2)=[O+][B-](c2ccccc2)(c2ccccc2)O1. The monoisotopic (exact) mass is 326 g/mol. The first kappa shape index (κ1) is 15.5. The molecule has 122 valence electrons. The van der Waals surface area contributed by atoms with Gasteiger partial charge in [0.2, 0.25) is 0 Å². The van der Waals surface area contributed by atoms with E-state index in [2.05, 4.69) is 36.4 Å². The van der Waals surface area contributed by atoms with E-state index in [4.69, 9.17) is 9.00 Å². The van der Waals surface area contributed by atoms with Crippen molar-refractivity contribution in [3.63, 3.8) is 0 Å². The van der Waals surface area contributed by atoms with Crippen LogP contribution in [0.1, 0.15) is 16.8 Å². The Bertz CT molecular complexity index is 877. The van der Waals surface area contributed by atoms with Crippen molar-refractivity contribution in [2.45, 2.75) is 6.92 Å². The summed E-state index contributed by atoms with van der Waals surface area (Å²) in [5, 5.41) is 0. The Balaban J connectivity index is 1.96. The Morgan fingerprint density at radius 2 is 1.16 bits per heavy atom. The molecule has 3 aromatic rings. The zero-order valence-corrected chi connectivity index (χ0v) is 14.1. The van der Waals surface area contributed by atoms with Gasteiger partial charge in [-0.15, -0.1) is 0 Å². The molecular weight excluding hydrogens is 307 g/mol. The molecule has 1 aliphatic heterocycles. The Hall–Kier alpha value is -3.07. The van der Waals surface area contributed by atoms with E-state index in [0.29, 0.717) is 0 Å². The Morgan fingerprint density at radius 1 is 0.680 bits per heavy atom. The third-order valence-corrected chi connectivity index (χ3v) is 4.51. The normalized spacial score (nSPS) is 15.7. The molecule has 2 nitrogen and oxygen atoms in total. The van der Waals surface area contributed by atoms with E-state index in [-0.39, 0.29) is 0 Å². The fourth-order valence-electron chi connectivity index (χ4n) is 3.35. The van der Waals surface area contributed by atoms with Crippen molar-refractivity contribution in [3.05, 3.63) is 108 Å². The lowest BCUT2D eigenvalue weighted by Gasteiger charge is -2.32. The molecule has 0 aromatic heterocycles. The molecule has 1 aliphatic rings. The highest BCUT2D eigenvalue weighted by Crippen LogP contribution is 2.21. The highest BCUT2D eigenvalue weighted by molar-refractivity contribution is 6.91. The number of ketones is 1. The van der Waals surface area contributed by atoms with Crippen LogP contribution in [0.25, 0.3) is 0 Å². The summed E-state index contributed by atoms with van der Waals surface area (Å²) < 4.78 is 13.0. The van der Waals surface area contributed by atoms with Crippen molar-refractivity contribution in [2.24, 2.45) is 0 Å². The lowest BCUT2D eigenvalue weighted by atomic mass is 9.46. The van der Waals surface area contributed by atoms with Gasteiger partial charge in [0.25, 0.3) is 5.78 Å². The molecular formula is C22H19BO2. The number of hydrogen-bond acceptors (Lipinski definition) is 1. The largest absolute Gasteiger partial charge is 0.649 e. The maximum Gasteiger partial charge on any atom is 0.649 e. The first-order valence-electron chi connectivity index (χ1n) is 8.52. The van der Waals surface area contributed by atoms with Crippen LogP contribution >= 0.6 is 0 Å². The van der Waals surface area contributed by atoms with E-state index in [0.717, 1.165) is 28.0 Å². The molecule has 0 saturated carbocycles. The van der Waals surface area contributed by atoms with Crippen molar-refractivity contribution >= 4 is 23.3 Å². The smallest absolute Gasteiger partial charge is 0.629 e. The van der Waals surface area contributed by atoms with Gasteiger partial charge < -0.3 is 9.00 Å². The van der Waals surface area contributed by atoms with E-state index in [1.165, 1.54) is 0 Å². The molecule has 0 fully saturated rings. The van der Waals surface area contributed by atoms with Crippen molar-refractivity contribution in [1.29, 1.82) is 0 Å². The molecule has 0 atom stereocenters. The fourth-order valence-corrected chi connectivity index (χ4v) is 3.35. The van der Waals surface area contributed by atoms with E-state index in [1.54, 1.807) is 0 Å². The first-order chi connectivity index (χ1) is 12.3. The van der Waals surface area contributed by atoms with Gasteiger partial charge in [-0.05, 0) is 30.0 Å².